The molecule has 2 rings (SSSR count). The van der Waals surface area contributed by atoms with Crippen LogP contribution in [0.1, 0.15) is 6.42 Å². The number of rotatable bonds is 2. The predicted molar refractivity (Wildman–Crippen MR) is 66.9 cm³/mol. The van der Waals surface area contributed by atoms with E-state index in [0.717, 1.165) is 6.42 Å². The lowest BCUT2D eigenvalue weighted by Crippen LogP contribution is -2.24. The van der Waals surface area contributed by atoms with E-state index in [9.17, 15) is 9.18 Å². The van der Waals surface area contributed by atoms with Crippen molar-refractivity contribution >= 4 is 25.3 Å². The topological polar surface area (TPSA) is 42.4 Å². The highest BCUT2D eigenvalue weighted by Crippen LogP contribution is 2.22. The van der Waals surface area contributed by atoms with Crippen molar-refractivity contribution < 1.29 is 13.9 Å². The van der Waals surface area contributed by atoms with E-state index in [1.165, 1.54) is 13.2 Å². The second kappa shape index (κ2) is 5.86. The normalized spacial score (nSPS) is 18.7. The van der Waals surface area contributed by atoms with Gasteiger partial charge in [-0.3, -0.25) is 4.79 Å². The number of carbonyl (C=O) groups is 1. The summed E-state index contributed by atoms with van der Waals surface area (Å²) in [4.78, 5) is 17.0. The summed E-state index contributed by atoms with van der Waals surface area (Å²) in [7, 11) is 1.38. The zero-order valence-corrected chi connectivity index (χ0v) is 10.5. The van der Waals surface area contributed by atoms with E-state index in [1.807, 2.05) is 4.90 Å². The number of carbonyl (C=O) groups excluding carboxylic acids is 1. The number of pyridine rings is 1. The van der Waals surface area contributed by atoms with Crippen molar-refractivity contribution in [3.8, 4) is 0 Å². The Hall–Kier alpha value is -1.30. The molecule has 2 heterocycles. The molecule has 1 aliphatic rings. The number of anilines is 1. The SMILES string of the molecule is COC(=O)[C@H]1CCN(c2cccc(F)n2)C1.S. The molecule has 0 N–H and O–H groups in total. The van der Waals surface area contributed by atoms with E-state index in [2.05, 4.69) is 9.72 Å². The average Bonchev–Trinajstić information content (AvgIpc) is 2.77. The standard InChI is InChI=1S/C11H13FN2O2.H2S/c1-16-11(15)8-5-6-14(7-8)10-4-2-3-9(12)13-10;/h2-4,8H,5-7H2,1H3;1H2/t8-;/m0./s1. The minimum absolute atomic E-state index is 0. The van der Waals surface area contributed by atoms with Gasteiger partial charge in [-0.15, -0.1) is 0 Å². The van der Waals surface area contributed by atoms with Gasteiger partial charge in [0.2, 0.25) is 5.95 Å². The van der Waals surface area contributed by atoms with Crippen molar-refractivity contribution in [2.45, 2.75) is 6.42 Å². The van der Waals surface area contributed by atoms with Crippen LogP contribution in [0.3, 0.4) is 0 Å². The summed E-state index contributed by atoms with van der Waals surface area (Å²) in [5, 5.41) is 0. The van der Waals surface area contributed by atoms with Crippen molar-refractivity contribution in [1.82, 2.24) is 4.98 Å². The Morgan fingerprint density at radius 2 is 2.35 bits per heavy atom. The molecule has 1 saturated heterocycles. The van der Waals surface area contributed by atoms with Crippen LogP contribution >= 0.6 is 13.5 Å². The lowest BCUT2D eigenvalue weighted by atomic mass is 10.1. The lowest BCUT2D eigenvalue weighted by molar-refractivity contribution is -0.144. The maximum atomic E-state index is 12.9. The Balaban J connectivity index is 0.00000144. The van der Waals surface area contributed by atoms with Gasteiger partial charge in [-0.05, 0) is 18.6 Å². The molecule has 1 aromatic heterocycles. The fraction of sp³-hybridized carbons (Fsp3) is 0.455. The monoisotopic (exact) mass is 258 g/mol. The van der Waals surface area contributed by atoms with E-state index in [0.29, 0.717) is 18.9 Å². The molecule has 0 bridgehead atoms. The molecule has 17 heavy (non-hydrogen) atoms. The van der Waals surface area contributed by atoms with Crippen LogP contribution in [0.25, 0.3) is 0 Å². The second-order valence-electron chi connectivity index (χ2n) is 3.77. The summed E-state index contributed by atoms with van der Waals surface area (Å²) >= 11 is 0. The van der Waals surface area contributed by atoms with Gasteiger partial charge in [-0.25, -0.2) is 4.98 Å². The molecular formula is C11H15FN2O2S. The van der Waals surface area contributed by atoms with Gasteiger partial charge in [0.1, 0.15) is 5.82 Å². The number of methoxy groups -OCH3 is 1. The van der Waals surface area contributed by atoms with Crippen LogP contribution in [0.2, 0.25) is 0 Å². The Labute approximate surface area is 106 Å². The highest BCUT2D eigenvalue weighted by Gasteiger charge is 2.29. The van der Waals surface area contributed by atoms with Gasteiger partial charge in [0.15, 0.2) is 0 Å². The molecule has 0 spiro atoms. The van der Waals surface area contributed by atoms with Gasteiger partial charge in [-0.1, -0.05) is 6.07 Å². The fourth-order valence-corrected chi connectivity index (χ4v) is 1.90. The van der Waals surface area contributed by atoms with Gasteiger partial charge in [0, 0.05) is 13.1 Å². The van der Waals surface area contributed by atoms with Crippen LogP contribution in [-0.2, 0) is 9.53 Å². The molecule has 1 fully saturated rings. The minimum atomic E-state index is -0.501. The maximum Gasteiger partial charge on any atom is 0.310 e. The van der Waals surface area contributed by atoms with E-state index in [4.69, 9.17) is 0 Å². The van der Waals surface area contributed by atoms with E-state index in [1.54, 1.807) is 12.1 Å². The highest BCUT2D eigenvalue weighted by atomic mass is 32.1. The highest BCUT2D eigenvalue weighted by molar-refractivity contribution is 7.59. The van der Waals surface area contributed by atoms with Crippen molar-refractivity contribution in [3.63, 3.8) is 0 Å². The molecule has 0 radical (unpaired) electrons. The Kier molecular flexibility index (Phi) is 4.74. The smallest absolute Gasteiger partial charge is 0.310 e. The Bertz CT molecular complexity index is 403. The summed E-state index contributed by atoms with van der Waals surface area (Å²) < 4.78 is 17.6. The van der Waals surface area contributed by atoms with Gasteiger partial charge in [-0.2, -0.15) is 17.9 Å². The third-order valence-corrected chi connectivity index (χ3v) is 2.75. The zero-order chi connectivity index (χ0) is 11.5. The third kappa shape index (κ3) is 3.09. The second-order valence-corrected chi connectivity index (χ2v) is 3.77. The maximum absolute atomic E-state index is 12.9. The first-order valence-corrected chi connectivity index (χ1v) is 5.16. The quantitative estimate of drug-likeness (QED) is 0.593. The summed E-state index contributed by atoms with van der Waals surface area (Å²) in [6, 6.07) is 4.66. The number of esters is 1. The largest absolute Gasteiger partial charge is 0.469 e. The van der Waals surface area contributed by atoms with Crippen molar-refractivity contribution in [1.29, 1.82) is 0 Å². The van der Waals surface area contributed by atoms with Crippen LogP contribution in [0.4, 0.5) is 10.2 Å². The number of aromatic nitrogens is 1. The molecular weight excluding hydrogens is 243 g/mol. The fourth-order valence-electron chi connectivity index (χ4n) is 1.90. The van der Waals surface area contributed by atoms with Crippen molar-refractivity contribution in [2.75, 3.05) is 25.1 Å². The molecule has 1 atom stereocenters. The zero-order valence-electron chi connectivity index (χ0n) is 9.52. The molecule has 0 aromatic carbocycles. The minimum Gasteiger partial charge on any atom is -0.469 e. The van der Waals surface area contributed by atoms with E-state index in [-0.39, 0.29) is 25.4 Å². The van der Waals surface area contributed by atoms with Crippen LogP contribution in [0.15, 0.2) is 18.2 Å². The summed E-state index contributed by atoms with van der Waals surface area (Å²) in [5.74, 6) is -0.264. The first-order chi connectivity index (χ1) is 7.70. The van der Waals surface area contributed by atoms with Crippen molar-refractivity contribution in [3.05, 3.63) is 24.1 Å². The molecule has 4 nitrogen and oxygen atoms in total. The van der Waals surface area contributed by atoms with Crippen LogP contribution in [0, 0.1) is 11.9 Å². The van der Waals surface area contributed by atoms with E-state index < -0.39 is 5.95 Å². The van der Waals surface area contributed by atoms with Gasteiger partial charge >= 0.3 is 5.97 Å². The number of hydrogen-bond acceptors (Lipinski definition) is 4. The molecule has 1 aliphatic heterocycles. The first kappa shape index (κ1) is 13.8. The molecule has 0 unspecified atom stereocenters. The summed E-state index contributed by atoms with van der Waals surface area (Å²) in [5.41, 5.74) is 0. The molecule has 94 valence electrons. The number of hydrogen-bond donors (Lipinski definition) is 0. The van der Waals surface area contributed by atoms with Crippen LogP contribution < -0.4 is 4.90 Å². The first-order valence-electron chi connectivity index (χ1n) is 5.16. The Morgan fingerprint density at radius 3 is 3.00 bits per heavy atom. The number of nitrogens with zero attached hydrogens (tertiary/aromatic N) is 2. The van der Waals surface area contributed by atoms with E-state index >= 15 is 0 Å². The number of ether oxygens (including phenoxy) is 1. The summed E-state index contributed by atoms with van der Waals surface area (Å²) in [6.07, 6.45) is 0.727. The molecule has 1 aromatic rings. The summed E-state index contributed by atoms with van der Waals surface area (Å²) in [6.45, 7) is 1.25. The molecule has 0 saturated carbocycles. The Morgan fingerprint density at radius 1 is 1.59 bits per heavy atom. The van der Waals surface area contributed by atoms with Gasteiger partial charge < -0.3 is 9.64 Å². The van der Waals surface area contributed by atoms with Crippen LogP contribution in [-0.4, -0.2) is 31.2 Å². The molecule has 0 amide bonds. The third-order valence-electron chi connectivity index (χ3n) is 2.75. The molecule has 6 heteroatoms. The van der Waals surface area contributed by atoms with Crippen molar-refractivity contribution in [2.24, 2.45) is 5.92 Å². The predicted octanol–water partition coefficient (Wildman–Crippen LogP) is 1.33. The van der Waals surface area contributed by atoms with Gasteiger partial charge in [0.05, 0.1) is 13.0 Å². The van der Waals surface area contributed by atoms with Gasteiger partial charge in [0.25, 0.3) is 0 Å². The number of halogens is 1. The molecule has 0 aliphatic carbocycles. The average molecular weight is 258 g/mol. The lowest BCUT2D eigenvalue weighted by Gasteiger charge is -2.16. The van der Waals surface area contributed by atoms with Crippen LogP contribution in [0.5, 0.6) is 0 Å².